The topological polar surface area (TPSA) is 95.8 Å². The minimum absolute atomic E-state index is 0.132. The van der Waals surface area contributed by atoms with E-state index in [1.165, 1.54) is 6.33 Å². The number of anilines is 2. The Morgan fingerprint density at radius 2 is 2.27 bits per heavy atom. The molecule has 6 heteroatoms. The van der Waals surface area contributed by atoms with Gasteiger partial charge in [-0.25, -0.2) is 4.98 Å². The maximum Gasteiger partial charge on any atom is 0.276 e. The smallest absolute Gasteiger partial charge is 0.276 e. The number of nitrogens with zero attached hydrogens (tertiary/aromatic N) is 1. The maximum absolute atomic E-state index is 11.1. The van der Waals surface area contributed by atoms with Gasteiger partial charge in [-0.2, -0.15) is 0 Å². The lowest BCUT2D eigenvalue weighted by atomic mass is 10.4. The Morgan fingerprint density at radius 1 is 1.47 bits per heavy atom. The molecule has 0 bridgehead atoms. The molecule has 1 aromatic heterocycles. The molecule has 0 aliphatic rings. The van der Waals surface area contributed by atoms with E-state index < -0.39 is 0 Å². The molecule has 1 heterocycles. The third-order valence-corrected chi connectivity index (χ3v) is 1.91. The molecule has 6 nitrogen and oxygen atoms in total. The van der Waals surface area contributed by atoms with Gasteiger partial charge in [0.05, 0.1) is 6.33 Å². The summed E-state index contributed by atoms with van der Waals surface area (Å²) in [7, 11) is 0. The van der Waals surface area contributed by atoms with E-state index in [-0.39, 0.29) is 11.2 Å². The third kappa shape index (κ3) is 3.59. The molecule has 0 unspecified atom stereocenters. The third-order valence-electron chi connectivity index (χ3n) is 1.91. The van der Waals surface area contributed by atoms with Gasteiger partial charge in [-0.3, -0.25) is 4.79 Å². The summed E-state index contributed by atoms with van der Waals surface area (Å²) < 4.78 is 0. The van der Waals surface area contributed by atoms with Gasteiger partial charge in [0.15, 0.2) is 5.82 Å². The van der Waals surface area contributed by atoms with Gasteiger partial charge in [0.25, 0.3) is 5.56 Å². The fraction of sp³-hybridized carbons (Fsp3) is 0.556. The Balaban J connectivity index is 2.38. The van der Waals surface area contributed by atoms with Crippen LogP contribution in [0.1, 0.15) is 13.3 Å². The number of aromatic amines is 1. The van der Waals surface area contributed by atoms with Crippen LogP contribution in [0.25, 0.3) is 0 Å². The summed E-state index contributed by atoms with van der Waals surface area (Å²) in [5.41, 5.74) is 5.36. The van der Waals surface area contributed by atoms with Crippen molar-refractivity contribution >= 4 is 11.5 Å². The Bertz CT molecular complexity index is 349. The highest BCUT2D eigenvalue weighted by molar-refractivity contribution is 5.58. The number of hydrogen-bond acceptors (Lipinski definition) is 5. The Labute approximate surface area is 88.3 Å². The Morgan fingerprint density at radius 3 is 3.00 bits per heavy atom. The number of nitrogens with one attached hydrogen (secondary N) is 3. The number of H-pyrrole nitrogens is 1. The van der Waals surface area contributed by atoms with Crippen LogP contribution >= 0.6 is 0 Å². The van der Waals surface area contributed by atoms with E-state index in [4.69, 9.17) is 5.73 Å². The van der Waals surface area contributed by atoms with Crippen LogP contribution in [0.4, 0.5) is 11.5 Å². The van der Waals surface area contributed by atoms with Gasteiger partial charge in [0, 0.05) is 13.1 Å². The molecular weight excluding hydrogens is 194 g/mol. The van der Waals surface area contributed by atoms with Crippen molar-refractivity contribution in [3.05, 3.63) is 16.7 Å². The molecule has 5 N–H and O–H groups in total. The molecule has 0 spiro atoms. The standard InChI is InChI=1S/C9H17N5O/c1-2-3-11-4-5-12-8-7(10)9(15)14-6-13-8/h6,11H,2-5,10H2,1H3,(H2,12,13,14,15). The van der Waals surface area contributed by atoms with Crippen molar-refractivity contribution in [1.82, 2.24) is 15.3 Å². The van der Waals surface area contributed by atoms with Gasteiger partial charge in [-0.1, -0.05) is 6.92 Å². The van der Waals surface area contributed by atoms with Crippen molar-refractivity contribution in [2.75, 3.05) is 30.7 Å². The van der Waals surface area contributed by atoms with Gasteiger partial charge in [-0.15, -0.1) is 0 Å². The molecule has 1 rings (SSSR count). The fourth-order valence-electron chi connectivity index (χ4n) is 1.12. The summed E-state index contributed by atoms with van der Waals surface area (Å²) in [6.45, 7) is 4.61. The predicted molar refractivity (Wildman–Crippen MR) is 60.9 cm³/mol. The highest BCUT2D eigenvalue weighted by Crippen LogP contribution is 2.05. The monoisotopic (exact) mass is 211 g/mol. The SMILES string of the molecule is CCCNCCNc1nc[nH]c(=O)c1N. The van der Waals surface area contributed by atoms with Gasteiger partial charge in [-0.05, 0) is 13.0 Å². The molecule has 0 radical (unpaired) electrons. The van der Waals surface area contributed by atoms with E-state index in [1.54, 1.807) is 0 Å². The van der Waals surface area contributed by atoms with Gasteiger partial charge in [0.2, 0.25) is 0 Å². The van der Waals surface area contributed by atoms with E-state index in [0.717, 1.165) is 19.5 Å². The molecule has 0 saturated carbocycles. The fourth-order valence-corrected chi connectivity index (χ4v) is 1.12. The maximum atomic E-state index is 11.1. The number of nitrogen functional groups attached to an aromatic ring is 1. The summed E-state index contributed by atoms with van der Waals surface area (Å²) in [6.07, 6.45) is 2.44. The van der Waals surface area contributed by atoms with Crippen LogP contribution in [0.3, 0.4) is 0 Å². The summed E-state index contributed by atoms with van der Waals surface area (Å²) in [4.78, 5) is 17.4. The highest BCUT2D eigenvalue weighted by Gasteiger charge is 2.02. The second kappa shape index (κ2) is 6.02. The Hall–Kier alpha value is -1.56. The van der Waals surface area contributed by atoms with Crippen LogP contribution < -0.4 is 21.9 Å². The second-order valence-electron chi connectivity index (χ2n) is 3.17. The van der Waals surface area contributed by atoms with Crippen molar-refractivity contribution < 1.29 is 0 Å². The van der Waals surface area contributed by atoms with E-state index in [0.29, 0.717) is 12.4 Å². The molecule has 0 aliphatic carbocycles. The van der Waals surface area contributed by atoms with Crippen LogP contribution in [-0.4, -0.2) is 29.6 Å². The number of nitrogens with two attached hydrogens (primary N) is 1. The van der Waals surface area contributed by atoms with Gasteiger partial charge < -0.3 is 21.4 Å². The molecule has 15 heavy (non-hydrogen) atoms. The minimum Gasteiger partial charge on any atom is -0.391 e. The van der Waals surface area contributed by atoms with Crippen molar-refractivity contribution in [2.24, 2.45) is 0 Å². The molecule has 84 valence electrons. The first-order valence-corrected chi connectivity index (χ1v) is 5.03. The molecule has 0 aliphatic heterocycles. The van der Waals surface area contributed by atoms with E-state index in [2.05, 4.69) is 27.5 Å². The molecule has 0 atom stereocenters. The van der Waals surface area contributed by atoms with Crippen LogP contribution in [0, 0.1) is 0 Å². The van der Waals surface area contributed by atoms with Crippen molar-refractivity contribution in [3.63, 3.8) is 0 Å². The molecule has 0 saturated heterocycles. The van der Waals surface area contributed by atoms with Crippen molar-refractivity contribution in [1.29, 1.82) is 0 Å². The zero-order valence-corrected chi connectivity index (χ0v) is 8.84. The summed E-state index contributed by atoms with van der Waals surface area (Å²) >= 11 is 0. The second-order valence-corrected chi connectivity index (χ2v) is 3.17. The number of hydrogen-bond donors (Lipinski definition) is 4. The van der Waals surface area contributed by atoms with E-state index in [9.17, 15) is 4.79 Å². The average molecular weight is 211 g/mol. The van der Waals surface area contributed by atoms with Gasteiger partial charge >= 0.3 is 0 Å². The molecule has 1 aromatic rings. The number of aromatic nitrogens is 2. The van der Waals surface area contributed by atoms with Crippen LogP contribution in [0.5, 0.6) is 0 Å². The molecule has 0 amide bonds. The van der Waals surface area contributed by atoms with E-state index in [1.807, 2.05) is 0 Å². The summed E-state index contributed by atoms with van der Waals surface area (Å²) in [5.74, 6) is 0.442. The first-order chi connectivity index (χ1) is 7.25. The van der Waals surface area contributed by atoms with Crippen molar-refractivity contribution in [2.45, 2.75) is 13.3 Å². The van der Waals surface area contributed by atoms with Crippen molar-refractivity contribution in [3.8, 4) is 0 Å². The zero-order chi connectivity index (χ0) is 11.1. The molecule has 0 aromatic carbocycles. The first-order valence-electron chi connectivity index (χ1n) is 5.03. The van der Waals surface area contributed by atoms with E-state index >= 15 is 0 Å². The highest BCUT2D eigenvalue weighted by atomic mass is 16.1. The Kier molecular flexibility index (Phi) is 4.62. The zero-order valence-electron chi connectivity index (χ0n) is 8.84. The largest absolute Gasteiger partial charge is 0.391 e. The van der Waals surface area contributed by atoms with Crippen LogP contribution in [0.2, 0.25) is 0 Å². The lowest BCUT2D eigenvalue weighted by molar-refractivity contribution is 0.687. The molecular formula is C9H17N5O. The average Bonchev–Trinajstić information content (AvgIpc) is 2.24. The lowest BCUT2D eigenvalue weighted by Crippen LogP contribution is -2.24. The molecule has 0 fully saturated rings. The quantitative estimate of drug-likeness (QED) is 0.487. The lowest BCUT2D eigenvalue weighted by Gasteiger charge is -2.07. The minimum atomic E-state index is -0.311. The van der Waals surface area contributed by atoms with Crippen LogP contribution in [-0.2, 0) is 0 Å². The number of rotatable bonds is 6. The first kappa shape index (κ1) is 11.5. The normalized spacial score (nSPS) is 10.2. The summed E-state index contributed by atoms with van der Waals surface area (Å²) in [5, 5.41) is 6.22. The van der Waals surface area contributed by atoms with Gasteiger partial charge in [0.1, 0.15) is 5.69 Å². The van der Waals surface area contributed by atoms with Crippen LogP contribution in [0.15, 0.2) is 11.1 Å². The predicted octanol–water partition coefficient (Wildman–Crippen LogP) is -0.236. The summed E-state index contributed by atoms with van der Waals surface area (Å²) in [6, 6.07) is 0.